The molecule has 0 saturated heterocycles. The van der Waals surface area contributed by atoms with Crippen LogP contribution in [-0.2, 0) is 6.54 Å². The predicted molar refractivity (Wildman–Crippen MR) is 65.7 cm³/mol. The van der Waals surface area contributed by atoms with Crippen LogP contribution >= 0.6 is 27.3 Å². The van der Waals surface area contributed by atoms with E-state index in [1.807, 2.05) is 11.3 Å². The second-order valence-electron chi connectivity index (χ2n) is 4.23. The minimum Gasteiger partial charge on any atom is -0.309 e. The molecule has 1 aromatic rings. The fourth-order valence-electron chi connectivity index (χ4n) is 2.08. The fourth-order valence-corrected chi connectivity index (χ4v) is 3.49. The lowest BCUT2D eigenvalue weighted by atomic mass is 10.1. The van der Waals surface area contributed by atoms with Crippen LogP contribution in [0.2, 0.25) is 0 Å². The van der Waals surface area contributed by atoms with E-state index in [0.717, 1.165) is 18.5 Å². The van der Waals surface area contributed by atoms with Crippen LogP contribution in [0.15, 0.2) is 15.9 Å². The van der Waals surface area contributed by atoms with Crippen molar-refractivity contribution in [1.82, 2.24) is 5.32 Å². The number of rotatable bonds is 3. The maximum absolute atomic E-state index is 3.63. The lowest BCUT2D eigenvalue weighted by Crippen LogP contribution is -2.25. The smallest absolute Gasteiger partial charge is 0.0302 e. The molecule has 0 aliphatic heterocycles. The van der Waals surface area contributed by atoms with Gasteiger partial charge in [0.1, 0.15) is 0 Å². The predicted octanol–water partition coefficient (Wildman–Crippen LogP) is 3.79. The first-order chi connectivity index (χ1) is 6.74. The van der Waals surface area contributed by atoms with E-state index in [4.69, 9.17) is 0 Å². The molecule has 0 amide bonds. The Morgan fingerprint density at radius 1 is 1.57 bits per heavy atom. The number of hydrogen-bond acceptors (Lipinski definition) is 2. The number of hydrogen-bond donors (Lipinski definition) is 1. The van der Waals surface area contributed by atoms with Crippen molar-refractivity contribution < 1.29 is 0 Å². The van der Waals surface area contributed by atoms with E-state index >= 15 is 0 Å². The highest BCUT2D eigenvalue weighted by atomic mass is 79.9. The lowest BCUT2D eigenvalue weighted by molar-refractivity contribution is 0.504. The summed E-state index contributed by atoms with van der Waals surface area (Å²) in [6.07, 6.45) is 4.10. The molecule has 1 aliphatic rings. The van der Waals surface area contributed by atoms with Crippen molar-refractivity contribution in [3.8, 4) is 0 Å². The zero-order valence-corrected chi connectivity index (χ0v) is 10.8. The van der Waals surface area contributed by atoms with Gasteiger partial charge in [0.15, 0.2) is 0 Å². The van der Waals surface area contributed by atoms with Gasteiger partial charge in [0.2, 0.25) is 0 Å². The third-order valence-electron chi connectivity index (χ3n) is 2.88. The Balaban J connectivity index is 1.77. The molecule has 1 nitrogen and oxygen atoms in total. The molecule has 1 fully saturated rings. The third-order valence-corrected chi connectivity index (χ3v) is 4.58. The first-order valence-corrected chi connectivity index (χ1v) is 6.87. The van der Waals surface area contributed by atoms with Crippen molar-refractivity contribution in [3.05, 3.63) is 20.8 Å². The molecule has 1 saturated carbocycles. The van der Waals surface area contributed by atoms with Crippen molar-refractivity contribution in [3.63, 3.8) is 0 Å². The standard InChI is InChI=1S/C11H16BrNS/c1-8-2-3-10(4-8)13-6-11-5-9(12)7-14-11/h5,7-8,10,13H,2-4,6H2,1H3. The zero-order chi connectivity index (χ0) is 9.97. The van der Waals surface area contributed by atoms with Gasteiger partial charge in [0.05, 0.1) is 0 Å². The van der Waals surface area contributed by atoms with E-state index in [2.05, 4.69) is 39.6 Å². The van der Waals surface area contributed by atoms with Crippen LogP contribution in [0.3, 0.4) is 0 Å². The molecule has 14 heavy (non-hydrogen) atoms. The Kier molecular flexibility index (Phi) is 3.63. The molecule has 1 aliphatic carbocycles. The molecule has 2 atom stereocenters. The van der Waals surface area contributed by atoms with Crippen LogP contribution < -0.4 is 5.32 Å². The normalized spacial score (nSPS) is 27.0. The van der Waals surface area contributed by atoms with Gasteiger partial charge in [-0.3, -0.25) is 0 Å². The summed E-state index contributed by atoms with van der Waals surface area (Å²) in [5.74, 6) is 0.919. The quantitative estimate of drug-likeness (QED) is 0.884. The summed E-state index contributed by atoms with van der Waals surface area (Å²) in [6.45, 7) is 3.39. The van der Waals surface area contributed by atoms with Crippen LogP contribution in [0, 0.1) is 5.92 Å². The topological polar surface area (TPSA) is 12.0 Å². The maximum atomic E-state index is 3.63. The summed E-state index contributed by atoms with van der Waals surface area (Å²) in [5, 5.41) is 5.78. The summed E-state index contributed by atoms with van der Waals surface area (Å²) in [7, 11) is 0. The second-order valence-corrected chi connectivity index (χ2v) is 6.14. The Hall–Kier alpha value is 0.140. The molecule has 2 rings (SSSR count). The van der Waals surface area contributed by atoms with Crippen molar-refractivity contribution in [1.29, 1.82) is 0 Å². The molecule has 0 aromatic carbocycles. The van der Waals surface area contributed by atoms with E-state index in [0.29, 0.717) is 0 Å². The third kappa shape index (κ3) is 2.81. The van der Waals surface area contributed by atoms with Crippen LogP contribution in [0.4, 0.5) is 0 Å². The van der Waals surface area contributed by atoms with Gasteiger partial charge in [-0.2, -0.15) is 0 Å². The van der Waals surface area contributed by atoms with Gasteiger partial charge in [-0.05, 0) is 47.2 Å². The van der Waals surface area contributed by atoms with E-state index in [9.17, 15) is 0 Å². The van der Waals surface area contributed by atoms with Gasteiger partial charge in [0, 0.05) is 27.3 Å². The lowest BCUT2D eigenvalue weighted by Gasteiger charge is -2.10. The van der Waals surface area contributed by atoms with Gasteiger partial charge >= 0.3 is 0 Å². The summed E-state index contributed by atoms with van der Waals surface area (Å²) >= 11 is 5.30. The molecule has 78 valence electrons. The first kappa shape index (κ1) is 10.7. The largest absolute Gasteiger partial charge is 0.309 e. The average Bonchev–Trinajstić information content (AvgIpc) is 2.72. The molecule has 0 radical (unpaired) electrons. The van der Waals surface area contributed by atoms with Crippen LogP contribution in [0.25, 0.3) is 0 Å². The van der Waals surface area contributed by atoms with Crippen molar-refractivity contribution in [2.24, 2.45) is 5.92 Å². The zero-order valence-electron chi connectivity index (χ0n) is 8.42. The van der Waals surface area contributed by atoms with Crippen molar-refractivity contribution in [2.45, 2.75) is 38.8 Å². The number of thiophene rings is 1. The summed E-state index contributed by atoms with van der Waals surface area (Å²) in [4.78, 5) is 1.43. The fraction of sp³-hybridized carbons (Fsp3) is 0.636. The Bertz CT molecular complexity index is 297. The highest BCUT2D eigenvalue weighted by Gasteiger charge is 2.20. The SMILES string of the molecule is CC1CCC(NCc2cc(Br)cs2)C1. The van der Waals surface area contributed by atoms with E-state index < -0.39 is 0 Å². The minimum absolute atomic E-state index is 0.755. The molecular formula is C11H16BrNS. The van der Waals surface area contributed by atoms with Gasteiger partial charge in [0.25, 0.3) is 0 Å². The summed E-state index contributed by atoms with van der Waals surface area (Å²) in [6, 6.07) is 2.96. The highest BCUT2D eigenvalue weighted by molar-refractivity contribution is 9.10. The van der Waals surface area contributed by atoms with Crippen molar-refractivity contribution in [2.75, 3.05) is 0 Å². The Morgan fingerprint density at radius 3 is 3.00 bits per heavy atom. The van der Waals surface area contributed by atoms with Gasteiger partial charge < -0.3 is 5.32 Å². The minimum atomic E-state index is 0.755. The monoisotopic (exact) mass is 273 g/mol. The van der Waals surface area contributed by atoms with Crippen LogP contribution in [0.5, 0.6) is 0 Å². The van der Waals surface area contributed by atoms with Crippen molar-refractivity contribution >= 4 is 27.3 Å². The number of nitrogens with one attached hydrogen (secondary N) is 1. The molecule has 1 aromatic heterocycles. The first-order valence-electron chi connectivity index (χ1n) is 5.20. The van der Waals surface area contributed by atoms with Crippen LogP contribution in [-0.4, -0.2) is 6.04 Å². The van der Waals surface area contributed by atoms with E-state index in [-0.39, 0.29) is 0 Å². The molecule has 0 spiro atoms. The Labute approximate surface area is 98.0 Å². The molecule has 1 N–H and O–H groups in total. The second kappa shape index (κ2) is 4.77. The summed E-state index contributed by atoms with van der Waals surface area (Å²) < 4.78 is 1.21. The average molecular weight is 274 g/mol. The van der Waals surface area contributed by atoms with Crippen LogP contribution in [0.1, 0.15) is 31.1 Å². The van der Waals surface area contributed by atoms with Gasteiger partial charge in [-0.25, -0.2) is 0 Å². The summed E-state index contributed by atoms with van der Waals surface area (Å²) in [5.41, 5.74) is 0. The van der Waals surface area contributed by atoms with E-state index in [1.165, 1.54) is 28.6 Å². The van der Waals surface area contributed by atoms with E-state index in [1.54, 1.807) is 0 Å². The molecule has 1 heterocycles. The maximum Gasteiger partial charge on any atom is 0.0302 e. The number of halogens is 1. The van der Waals surface area contributed by atoms with Gasteiger partial charge in [-0.15, -0.1) is 11.3 Å². The van der Waals surface area contributed by atoms with Gasteiger partial charge in [-0.1, -0.05) is 6.92 Å². The molecule has 3 heteroatoms. The highest BCUT2D eigenvalue weighted by Crippen LogP contribution is 2.25. The molecule has 0 bridgehead atoms. The molecule has 2 unspecified atom stereocenters. The molecular weight excluding hydrogens is 258 g/mol. The Morgan fingerprint density at radius 2 is 2.43 bits per heavy atom.